The molecule has 0 N–H and O–H groups in total. The fourth-order valence-corrected chi connectivity index (χ4v) is 2.84. The van der Waals surface area contributed by atoms with Crippen molar-refractivity contribution in [2.45, 2.75) is 25.3 Å². The molecular weight excluding hydrogens is 281 g/mol. The van der Waals surface area contributed by atoms with Gasteiger partial charge < -0.3 is 0 Å². The van der Waals surface area contributed by atoms with Crippen LogP contribution in [0.4, 0.5) is 4.39 Å². The van der Waals surface area contributed by atoms with Gasteiger partial charge in [0.25, 0.3) is 0 Å². The van der Waals surface area contributed by atoms with Crippen LogP contribution >= 0.6 is 0 Å². The summed E-state index contributed by atoms with van der Waals surface area (Å²) in [7, 11) is 0. The Morgan fingerprint density at radius 1 is 1.27 bits per heavy atom. The van der Waals surface area contributed by atoms with Gasteiger partial charge in [0, 0.05) is 17.3 Å². The van der Waals surface area contributed by atoms with E-state index in [9.17, 15) is 9.18 Å². The molecule has 0 amide bonds. The van der Waals surface area contributed by atoms with Gasteiger partial charge >= 0.3 is 0 Å². The molecule has 1 fully saturated rings. The predicted molar refractivity (Wildman–Crippen MR) is 81.2 cm³/mol. The second-order valence-corrected chi connectivity index (χ2v) is 5.64. The van der Waals surface area contributed by atoms with E-state index in [4.69, 9.17) is 0 Å². The Balaban J connectivity index is 1.96. The lowest BCUT2D eigenvalue weighted by atomic mass is 9.93. The van der Waals surface area contributed by atoms with Crippen molar-refractivity contribution < 1.29 is 9.18 Å². The van der Waals surface area contributed by atoms with Gasteiger partial charge in [-0.2, -0.15) is 5.10 Å². The molecule has 1 aliphatic rings. The highest BCUT2D eigenvalue weighted by atomic mass is 19.1. The summed E-state index contributed by atoms with van der Waals surface area (Å²) in [6, 6.07) is 8.51. The maximum Gasteiger partial charge on any atom is 0.151 e. The zero-order chi connectivity index (χ0) is 15.1. The maximum atomic E-state index is 13.5. The standard InChI is InChI=1S/C17H14FN3O/c18-13-4-1-3-12(8-13)16-17-15(7-11(10-22)9-19-17)21(20-16)14-5-2-6-14/h1,3-4,7-10,14H,2,5-6H2. The molecule has 0 bridgehead atoms. The van der Waals surface area contributed by atoms with Crippen LogP contribution in [0.25, 0.3) is 22.3 Å². The average Bonchev–Trinajstić information content (AvgIpc) is 2.84. The Kier molecular flexibility index (Phi) is 2.99. The van der Waals surface area contributed by atoms with Crippen LogP contribution in [0.5, 0.6) is 0 Å². The van der Waals surface area contributed by atoms with Crippen LogP contribution in [0.1, 0.15) is 35.7 Å². The van der Waals surface area contributed by atoms with E-state index in [0.29, 0.717) is 28.4 Å². The summed E-state index contributed by atoms with van der Waals surface area (Å²) < 4.78 is 15.5. The van der Waals surface area contributed by atoms with E-state index in [2.05, 4.69) is 10.1 Å². The lowest BCUT2D eigenvalue weighted by molar-refractivity contribution is 0.112. The van der Waals surface area contributed by atoms with Crippen LogP contribution in [0.2, 0.25) is 0 Å². The second kappa shape index (κ2) is 5.02. The van der Waals surface area contributed by atoms with Gasteiger partial charge in [-0.3, -0.25) is 14.5 Å². The number of hydrogen-bond acceptors (Lipinski definition) is 3. The summed E-state index contributed by atoms with van der Waals surface area (Å²) >= 11 is 0. The molecule has 0 radical (unpaired) electrons. The fraction of sp³-hybridized carbons (Fsp3) is 0.235. The summed E-state index contributed by atoms with van der Waals surface area (Å²) in [6.45, 7) is 0. The first kappa shape index (κ1) is 13.1. The Labute approximate surface area is 126 Å². The molecule has 4 nitrogen and oxygen atoms in total. The Bertz CT molecular complexity index is 867. The Morgan fingerprint density at radius 3 is 2.82 bits per heavy atom. The van der Waals surface area contributed by atoms with Crippen LogP contribution in [-0.2, 0) is 0 Å². The van der Waals surface area contributed by atoms with E-state index in [-0.39, 0.29) is 5.82 Å². The van der Waals surface area contributed by atoms with Gasteiger partial charge in [0.15, 0.2) is 6.29 Å². The molecule has 110 valence electrons. The van der Waals surface area contributed by atoms with Gasteiger partial charge in [0.05, 0.1) is 11.6 Å². The zero-order valence-corrected chi connectivity index (χ0v) is 11.9. The monoisotopic (exact) mass is 295 g/mol. The van der Waals surface area contributed by atoms with Crippen molar-refractivity contribution in [2.24, 2.45) is 0 Å². The number of aldehydes is 1. The third kappa shape index (κ3) is 2.01. The van der Waals surface area contributed by atoms with Gasteiger partial charge in [0.2, 0.25) is 0 Å². The Hall–Kier alpha value is -2.56. The molecule has 2 heterocycles. The zero-order valence-electron chi connectivity index (χ0n) is 11.9. The third-order valence-corrected chi connectivity index (χ3v) is 4.22. The number of hydrogen-bond donors (Lipinski definition) is 0. The molecule has 4 rings (SSSR count). The number of pyridine rings is 1. The first-order valence-electron chi connectivity index (χ1n) is 7.35. The van der Waals surface area contributed by atoms with Crippen LogP contribution in [-0.4, -0.2) is 21.1 Å². The molecule has 0 atom stereocenters. The topological polar surface area (TPSA) is 47.8 Å². The van der Waals surface area contributed by atoms with Gasteiger partial charge in [-0.05, 0) is 37.5 Å². The number of halogens is 1. The number of fused-ring (bicyclic) bond motifs is 1. The molecule has 0 unspecified atom stereocenters. The minimum absolute atomic E-state index is 0.298. The highest BCUT2D eigenvalue weighted by Crippen LogP contribution is 2.36. The number of carbonyl (C=O) groups excluding carboxylic acids is 1. The van der Waals surface area contributed by atoms with Crippen molar-refractivity contribution >= 4 is 17.3 Å². The van der Waals surface area contributed by atoms with E-state index in [0.717, 1.165) is 24.6 Å². The van der Waals surface area contributed by atoms with Crippen LogP contribution in [0.3, 0.4) is 0 Å². The number of aromatic nitrogens is 3. The average molecular weight is 295 g/mol. The van der Waals surface area contributed by atoms with Crippen molar-refractivity contribution in [1.29, 1.82) is 0 Å². The normalized spacial score (nSPS) is 15.0. The molecule has 1 aromatic carbocycles. The number of rotatable bonds is 3. The summed E-state index contributed by atoms with van der Waals surface area (Å²) in [4.78, 5) is 15.4. The van der Waals surface area contributed by atoms with Crippen molar-refractivity contribution in [1.82, 2.24) is 14.8 Å². The third-order valence-electron chi connectivity index (χ3n) is 4.22. The minimum atomic E-state index is -0.298. The maximum absolute atomic E-state index is 13.5. The molecule has 22 heavy (non-hydrogen) atoms. The first-order chi connectivity index (χ1) is 10.8. The van der Waals surface area contributed by atoms with E-state index in [1.165, 1.54) is 24.8 Å². The smallest absolute Gasteiger partial charge is 0.151 e. The SMILES string of the molecule is O=Cc1cnc2c(-c3cccc(F)c3)nn(C3CCC3)c2c1. The fourth-order valence-electron chi connectivity index (χ4n) is 2.84. The molecule has 2 aromatic heterocycles. The summed E-state index contributed by atoms with van der Waals surface area (Å²) in [6.07, 6.45) is 5.65. The van der Waals surface area contributed by atoms with E-state index in [1.54, 1.807) is 6.07 Å². The molecular formula is C17H14FN3O. The van der Waals surface area contributed by atoms with Crippen molar-refractivity contribution in [3.05, 3.63) is 47.9 Å². The van der Waals surface area contributed by atoms with E-state index in [1.807, 2.05) is 16.8 Å². The highest BCUT2D eigenvalue weighted by molar-refractivity contribution is 5.92. The second-order valence-electron chi connectivity index (χ2n) is 5.64. The number of carbonyl (C=O) groups is 1. The number of nitrogens with zero attached hydrogens (tertiary/aromatic N) is 3. The highest BCUT2D eigenvalue weighted by Gasteiger charge is 2.25. The van der Waals surface area contributed by atoms with Crippen LogP contribution in [0, 0.1) is 5.82 Å². The summed E-state index contributed by atoms with van der Waals surface area (Å²) in [5, 5.41) is 4.67. The molecule has 3 aromatic rings. The van der Waals surface area contributed by atoms with Gasteiger partial charge in [-0.15, -0.1) is 0 Å². The lowest BCUT2D eigenvalue weighted by Gasteiger charge is -2.26. The predicted octanol–water partition coefficient (Wildman–Crippen LogP) is 3.77. The van der Waals surface area contributed by atoms with E-state index < -0.39 is 0 Å². The van der Waals surface area contributed by atoms with Crippen molar-refractivity contribution in [2.75, 3.05) is 0 Å². The molecule has 0 spiro atoms. The number of benzene rings is 1. The quantitative estimate of drug-likeness (QED) is 0.691. The summed E-state index contributed by atoms with van der Waals surface area (Å²) in [5.74, 6) is -0.298. The van der Waals surface area contributed by atoms with Crippen LogP contribution in [0.15, 0.2) is 36.5 Å². The van der Waals surface area contributed by atoms with Crippen LogP contribution < -0.4 is 0 Å². The Morgan fingerprint density at radius 2 is 2.14 bits per heavy atom. The molecule has 0 aliphatic heterocycles. The molecule has 1 aliphatic carbocycles. The molecule has 5 heteroatoms. The van der Waals surface area contributed by atoms with Crippen molar-refractivity contribution in [3.63, 3.8) is 0 Å². The first-order valence-corrected chi connectivity index (χ1v) is 7.35. The van der Waals surface area contributed by atoms with E-state index >= 15 is 0 Å². The van der Waals surface area contributed by atoms with Crippen molar-refractivity contribution in [3.8, 4) is 11.3 Å². The van der Waals surface area contributed by atoms with Gasteiger partial charge in [0.1, 0.15) is 17.0 Å². The van der Waals surface area contributed by atoms with Gasteiger partial charge in [-0.1, -0.05) is 12.1 Å². The summed E-state index contributed by atoms with van der Waals surface area (Å²) in [5.41, 5.74) is 3.45. The molecule has 1 saturated carbocycles. The molecule has 0 saturated heterocycles. The minimum Gasteiger partial charge on any atom is -0.298 e. The largest absolute Gasteiger partial charge is 0.298 e. The van der Waals surface area contributed by atoms with Gasteiger partial charge in [-0.25, -0.2) is 4.39 Å². The lowest BCUT2D eigenvalue weighted by Crippen LogP contribution is -2.18.